The minimum atomic E-state index is -3.54. The first-order chi connectivity index (χ1) is 8.37. The molecule has 0 aliphatic rings. The Hall–Kier alpha value is -0.910. The molecule has 0 aliphatic carbocycles. The van der Waals surface area contributed by atoms with Crippen LogP contribution in [0.15, 0.2) is 29.2 Å². The maximum Gasteiger partial charge on any atom is 0.241 e. The van der Waals surface area contributed by atoms with Gasteiger partial charge in [-0.1, -0.05) is 26.0 Å². The Morgan fingerprint density at radius 1 is 1.28 bits per heavy atom. The molecule has 0 aliphatic heterocycles. The van der Waals surface area contributed by atoms with Gasteiger partial charge in [-0.15, -0.1) is 0 Å². The Kier molecular flexibility index (Phi) is 4.90. The summed E-state index contributed by atoms with van der Waals surface area (Å²) in [4.78, 5) is 0.196. The second-order valence-electron chi connectivity index (χ2n) is 4.68. The Morgan fingerprint density at radius 2 is 1.89 bits per heavy atom. The Bertz CT molecular complexity index is 493. The molecule has 0 aromatic heterocycles. The molecule has 1 aromatic carbocycles. The van der Waals surface area contributed by atoms with Crippen LogP contribution in [0.3, 0.4) is 0 Å². The fourth-order valence-corrected chi connectivity index (χ4v) is 3.21. The minimum absolute atomic E-state index is 0.165. The van der Waals surface area contributed by atoms with Crippen molar-refractivity contribution in [1.29, 1.82) is 0 Å². The summed E-state index contributed by atoms with van der Waals surface area (Å²) in [6.45, 7) is 5.63. The largest absolute Gasteiger partial charge is 0.392 e. The Morgan fingerprint density at radius 3 is 2.39 bits per heavy atom. The SMILES string of the molecule is CCC(C)(CC)NS(=O)(=O)c1cccc(CO)c1. The summed E-state index contributed by atoms with van der Waals surface area (Å²) in [5.74, 6) is 0. The van der Waals surface area contributed by atoms with Gasteiger partial charge < -0.3 is 5.11 Å². The molecular formula is C13H21NO3S. The second kappa shape index (κ2) is 5.82. The van der Waals surface area contributed by atoms with Crippen LogP contribution in [0.5, 0.6) is 0 Å². The van der Waals surface area contributed by atoms with E-state index in [9.17, 15) is 8.42 Å². The van der Waals surface area contributed by atoms with Gasteiger partial charge in [0.15, 0.2) is 0 Å². The number of hydrogen-bond acceptors (Lipinski definition) is 3. The van der Waals surface area contributed by atoms with Crippen molar-refractivity contribution in [3.8, 4) is 0 Å². The van der Waals surface area contributed by atoms with Gasteiger partial charge in [0.2, 0.25) is 10.0 Å². The molecule has 5 heteroatoms. The molecule has 0 fully saturated rings. The molecule has 0 atom stereocenters. The van der Waals surface area contributed by atoms with Crippen molar-refractivity contribution in [3.63, 3.8) is 0 Å². The van der Waals surface area contributed by atoms with Gasteiger partial charge in [-0.05, 0) is 37.5 Å². The maximum atomic E-state index is 12.2. The second-order valence-corrected chi connectivity index (χ2v) is 6.36. The average Bonchev–Trinajstić information content (AvgIpc) is 2.38. The number of sulfonamides is 1. The van der Waals surface area contributed by atoms with Crippen LogP contribution < -0.4 is 4.72 Å². The number of hydrogen-bond donors (Lipinski definition) is 2. The quantitative estimate of drug-likeness (QED) is 0.832. The number of benzene rings is 1. The molecule has 4 nitrogen and oxygen atoms in total. The van der Waals surface area contributed by atoms with Gasteiger partial charge in [0.25, 0.3) is 0 Å². The Balaban J connectivity index is 3.06. The number of nitrogens with one attached hydrogen (secondary N) is 1. The highest BCUT2D eigenvalue weighted by Gasteiger charge is 2.27. The maximum absolute atomic E-state index is 12.2. The van der Waals surface area contributed by atoms with E-state index in [1.165, 1.54) is 12.1 Å². The molecule has 0 spiro atoms. The fraction of sp³-hybridized carbons (Fsp3) is 0.538. The molecule has 0 unspecified atom stereocenters. The van der Waals surface area contributed by atoms with Crippen molar-refractivity contribution in [3.05, 3.63) is 29.8 Å². The van der Waals surface area contributed by atoms with Crippen molar-refractivity contribution in [2.75, 3.05) is 0 Å². The molecule has 0 saturated carbocycles. The van der Waals surface area contributed by atoms with Crippen LogP contribution in [0.2, 0.25) is 0 Å². The van der Waals surface area contributed by atoms with Gasteiger partial charge in [-0.25, -0.2) is 13.1 Å². The van der Waals surface area contributed by atoms with Gasteiger partial charge in [0, 0.05) is 5.54 Å². The summed E-state index contributed by atoms with van der Waals surface area (Å²) in [7, 11) is -3.54. The first kappa shape index (κ1) is 15.1. The zero-order valence-corrected chi connectivity index (χ0v) is 11.9. The van der Waals surface area contributed by atoms with Crippen LogP contribution in [0.4, 0.5) is 0 Å². The summed E-state index contributed by atoms with van der Waals surface area (Å²) in [6, 6.07) is 6.36. The van der Waals surface area contributed by atoms with Crippen molar-refractivity contribution >= 4 is 10.0 Å². The lowest BCUT2D eigenvalue weighted by Gasteiger charge is -2.27. The third-order valence-electron chi connectivity index (χ3n) is 3.33. The van der Waals surface area contributed by atoms with E-state index in [1.807, 2.05) is 20.8 Å². The zero-order chi connectivity index (χ0) is 13.8. The molecule has 18 heavy (non-hydrogen) atoms. The number of rotatable bonds is 6. The minimum Gasteiger partial charge on any atom is -0.392 e. The highest BCUT2D eigenvalue weighted by atomic mass is 32.2. The third kappa shape index (κ3) is 3.54. The first-order valence-electron chi connectivity index (χ1n) is 6.10. The van der Waals surface area contributed by atoms with E-state index in [2.05, 4.69) is 4.72 Å². The monoisotopic (exact) mass is 271 g/mol. The van der Waals surface area contributed by atoms with Crippen LogP contribution in [-0.4, -0.2) is 19.1 Å². The summed E-state index contributed by atoms with van der Waals surface area (Å²) < 4.78 is 27.2. The van der Waals surface area contributed by atoms with E-state index in [0.29, 0.717) is 5.56 Å². The predicted octanol–water partition coefficient (Wildman–Crippen LogP) is 2.04. The third-order valence-corrected chi connectivity index (χ3v) is 4.97. The molecular weight excluding hydrogens is 250 g/mol. The zero-order valence-electron chi connectivity index (χ0n) is 11.1. The smallest absolute Gasteiger partial charge is 0.241 e. The van der Waals surface area contributed by atoms with Crippen molar-refractivity contribution in [1.82, 2.24) is 4.72 Å². The Labute approximate surface area is 109 Å². The van der Waals surface area contributed by atoms with Gasteiger partial charge >= 0.3 is 0 Å². The molecule has 0 saturated heterocycles. The van der Waals surface area contributed by atoms with E-state index in [1.54, 1.807) is 12.1 Å². The standard InChI is InChI=1S/C13H21NO3S/c1-4-13(3,5-2)14-18(16,17)12-8-6-7-11(9-12)10-15/h6-9,14-15H,4-5,10H2,1-3H3. The lowest BCUT2D eigenvalue weighted by Crippen LogP contribution is -2.44. The topological polar surface area (TPSA) is 66.4 Å². The molecule has 0 bridgehead atoms. The van der Waals surface area contributed by atoms with Crippen LogP contribution in [-0.2, 0) is 16.6 Å². The molecule has 0 radical (unpaired) electrons. The van der Waals surface area contributed by atoms with Crippen LogP contribution in [0.1, 0.15) is 39.2 Å². The lowest BCUT2D eigenvalue weighted by atomic mass is 9.98. The van der Waals surface area contributed by atoms with Crippen molar-refractivity contribution < 1.29 is 13.5 Å². The van der Waals surface area contributed by atoms with E-state index in [-0.39, 0.29) is 11.5 Å². The molecule has 2 N–H and O–H groups in total. The van der Waals surface area contributed by atoms with Gasteiger partial charge in [-0.3, -0.25) is 0 Å². The van der Waals surface area contributed by atoms with Crippen LogP contribution in [0.25, 0.3) is 0 Å². The molecule has 102 valence electrons. The van der Waals surface area contributed by atoms with E-state index in [4.69, 9.17) is 5.11 Å². The molecule has 1 rings (SSSR count). The number of aliphatic hydroxyl groups is 1. The summed E-state index contributed by atoms with van der Waals surface area (Å²) >= 11 is 0. The highest BCUT2D eigenvalue weighted by Crippen LogP contribution is 2.19. The number of aliphatic hydroxyl groups excluding tert-OH is 1. The fourth-order valence-electron chi connectivity index (χ4n) is 1.59. The van der Waals surface area contributed by atoms with E-state index >= 15 is 0 Å². The predicted molar refractivity (Wildman–Crippen MR) is 71.7 cm³/mol. The first-order valence-corrected chi connectivity index (χ1v) is 7.59. The summed E-state index contributed by atoms with van der Waals surface area (Å²) in [5.41, 5.74) is 0.154. The van der Waals surface area contributed by atoms with Crippen LogP contribution in [0, 0.1) is 0 Å². The average molecular weight is 271 g/mol. The van der Waals surface area contributed by atoms with E-state index < -0.39 is 15.6 Å². The van der Waals surface area contributed by atoms with Crippen LogP contribution >= 0.6 is 0 Å². The molecule has 1 aromatic rings. The van der Waals surface area contributed by atoms with Crippen molar-refractivity contribution in [2.45, 2.75) is 50.7 Å². The summed E-state index contributed by atoms with van der Waals surface area (Å²) in [5, 5.41) is 9.04. The van der Waals surface area contributed by atoms with E-state index in [0.717, 1.165) is 12.8 Å². The van der Waals surface area contributed by atoms with Gasteiger partial charge in [0.05, 0.1) is 11.5 Å². The van der Waals surface area contributed by atoms with Gasteiger partial charge in [0.1, 0.15) is 0 Å². The highest BCUT2D eigenvalue weighted by molar-refractivity contribution is 7.89. The molecule has 0 heterocycles. The molecule has 0 amide bonds. The normalized spacial score (nSPS) is 12.7. The van der Waals surface area contributed by atoms with Gasteiger partial charge in [-0.2, -0.15) is 0 Å². The summed E-state index contributed by atoms with van der Waals surface area (Å²) in [6.07, 6.45) is 1.45. The lowest BCUT2D eigenvalue weighted by molar-refractivity contribution is 0.281. The van der Waals surface area contributed by atoms with Crippen molar-refractivity contribution in [2.24, 2.45) is 0 Å².